The summed E-state index contributed by atoms with van der Waals surface area (Å²) in [7, 11) is -3.60. The predicted octanol–water partition coefficient (Wildman–Crippen LogP) is 1.93. The van der Waals surface area contributed by atoms with E-state index in [4.69, 9.17) is 5.11 Å². The first-order chi connectivity index (χ1) is 11.4. The molecule has 0 aliphatic carbocycles. The van der Waals surface area contributed by atoms with Crippen molar-refractivity contribution in [3.05, 3.63) is 59.7 Å². The molecular weight excluding hydrogens is 330 g/mol. The fraction of sp³-hybridized carbons (Fsp3) is 0.235. The molecule has 3 N–H and O–H groups in total. The molecule has 0 aliphatic rings. The molecule has 0 heterocycles. The standard InChI is InChI=1S/C17H19NO5S/c19-15-6-8-16(9-7-15)24(22,23)18-12-11-14-3-1-13(2-4-14)5-10-17(20)21/h1-4,6-9,18-19H,5,10-12H2,(H,20,21). The molecular formula is C17H19NO5S. The number of nitrogens with one attached hydrogen (secondary N) is 1. The van der Waals surface area contributed by atoms with Gasteiger partial charge in [0.2, 0.25) is 10.0 Å². The quantitative estimate of drug-likeness (QED) is 0.675. The molecule has 0 spiro atoms. The van der Waals surface area contributed by atoms with Gasteiger partial charge in [-0.05, 0) is 48.2 Å². The third kappa shape index (κ3) is 5.36. The van der Waals surface area contributed by atoms with Crippen molar-refractivity contribution in [1.82, 2.24) is 4.72 Å². The Bertz CT molecular complexity index is 783. The molecule has 0 atom stereocenters. The van der Waals surface area contributed by atoms with Crippen LogP contribution in [0.25, 0.3) is 0 Å². The second kappa shape index (κ2) is 7.94. The van der Waals surface area contributed by atoms with Gasteiger partial charge in [0.1, 0.15) is 5.75 Å². The molecule has 2 aromatic carbocycles. The number of phenolic OH excluding ortho intramolecular Hbond substituents is 1. The molecule has 24 heavy (non-hydrogen) atoms. The topological polar surface area (TPSA) is 104 Å². The van der Waals surface area contributed by atoms with Crippen LogP contribution in [-0.4, -0.2) is 31.1 Å². The Morgan fingerprint density at radius 2 is 1.46 bits per heavy atom. The third-order valence-corrected chi connectivity index (χ3v) is 4.98. The Balaban J connectivity index is 1.87. The van der Waals surface area contributed by atoms with Crippen LogP contribution in [0, 0.1) is 0 Å². The summed E-state index contributed by atoms with van der Waals surface area (Å²) in [6, 6.07) is 12.8. The number of carboxylic acids is 1. The Kier molecular flexibility index (Phi) is 5.94. The minimum atomic E-state index is -3.60. The average Bonchev–Trinajstić information content (AvgIpc) is 2.54. The average molecular weight is 349 g/mol. The monoisotopic (exact) mass is 349 g/mol. The largest absolute Gasteiger partial charge is 0.508 e. The van der Waals surface area contributed by atoms with E-state index in [0.717, 1.165) is 11.1 Å². The number of benzene rings is 2. The van der Waals surface area contributed by atoms with Crippen LogP contribution in [0.4, 0.5) is 0 Å². The van der Waals surface area contributed by atoms with Gasteiger partial charge >= 0.3 is 5.97 Å². The van der Waals surface area contributed by atoms with Gasteiger partial charge in [-0.25, -0.2) is 13.1 Å². The van der Waals surface area contributed by atoms with Crippen molar-refractivity contribution in [2.45, 2.75) is 24.2 Å². The van der Waals surface area contributed by atoms with Crippen molar-refractivity contribution >= 4 is 16.0 Å². The molecule has 128 valence electrons. The van der Waals surface area contributed by atoms with Crippen molar-refractivity contribution in [2.75, 3.05) is 6.54 Å². The maximum atomic E-state index is 12.1. The van der Waals surface area contributed by atoms with Crippen LogP contribution in [0.2, 0.25) is 0 Å². The number of rotatable bonds is 8. The van der Waals surface area contributed by atoms with Gasteiger partial charge in [0.05, 0.1) is 4.90 Å². The van der Waals surface area contributed by atoms with E-state index < -0.39 is 16.0 Å². The lowest BCUT2D eigenvalue weighted by molar-refractivity contribution is -0.136. The predicted molar refractivity (Wildman–Crippen MR) is 89.4 cm³/mol. The molecule has 0 saturated carbocycles. The van der Waals surface area contributed by atoms with Gasteiger partial charge in [0, 0.05) is 13.0 Å². The SMILES string of the molecule is O=C(O)CCc1ccc(CCNS(=O)(=O)c2ccc(O)cc2)cc1. The summed E-state index contributed by atoms with van der Waals surface area (Å²) < 4.78 is 26.7. The van der Waals surface area contributed by atoms with E-state index in [0.29, 0.717) is 12.8 Å². The highest BCUT2D eigenvalue weighted by Crippen LogP contribution is 2.14. The van der Waals surface area contributed by atoms with Crippen molar-refractivity contribution in [2.24, 2.45) is 0 Å². The van der Waals surface area contributed by atoms with E-state index in [-0.39, 0.29) is 23.6 Å². The molecule has 0 bridgehead atoms. The highest BCUT2D eigenvalue weighted by molar-refractivity contribution is 7.89. The van der Waals surface area contributed by atoms with Crippen LogP contribution >= 0.6 is 0 Å². The zero-order chi connectivity index (χ0) is 17.6. The zero-order valence-corrected chi connectivity index (χ0v) is 13.8. The first kappa shape index (κ1) is 18.0. The van der Waals surface area contributed by atoms with Crippen LogP contribution in [0.5, 0.6) is 5.75 Å². The highest BCUT2D eigenvalue weighted by Gasteiger charge is 2.12. The van der Waals surface area contributed by atoms with Gasteiger partial charge in [-0.3, -0.25) is 4.79 Å². The summed E-state index contributed by atoms with van der Waals surface area (Å²) >= 11 is 0. The minimum absolute atomic E-state index is 0.0111. The summed E-state index contributed by atoms with van der Waals surface area (Å²) in [6.07, 6.45) is 1.09. The van der Waals surface area contributed by atoms with E-state index in [1.165, 1.54) is 24.3 Å². The summed E-state index contributed by atoms with van der Waals surface area (Å²) in [5.41, 5.74) is 1.90. The highest BCUT2D eigenvalue weighted by atomic mass is 32.2. The van der Waals surface area contributed by atoms with Gasteiger partial charge in [-0.15, -0.1) is 0 Å². The Morgan fingerprint density at radius 3 is 2.00 bits per heavy atom. The van der Waals surface area contributed by atoms with Crippen molar-refractivity contribution in [1.29, 1.82) is 0 Å². The third-order valence-electron chi connectivity index (χ3n) is 3.50. The number of aryl methyl sites for hydroxylation is 1. The fourth-order valence-corrected chi connectivity index (χ4v) is 3.19. The van der Waals surface area contributed by atoms with E-state index in [9.17, 15) is 18.3 Å². The minimum Gasteiger partial charge on any atom is -0.508 e. The number of phenols is 1. The Labute approximate surface area is 140 Å². The van der Waals surface area contributed by atoms with Gasteiger partial charge in [0.25, 0.3) is 0 Å². The van der Waals surface area contributed by atoms with Crippen molar-refractivity contribution in [3.8, 4) is 5.75 Å². The van der Waals surface area contributed by atoms with E-state index in [1.54, 1.807) is 0 Å². The smallest absolute Gasteiger partial charge is 0.303 e. The van der Waals surface area contributed by atoms with Crippen LogP contribution in [0.15, 0.2) is 53.4 Å². The number of sulfonamides is 1. The molecule has 0 saturated heterocycles. The molecule has 0 fully saturated rings. The summed E-state index contributed by atoms with van der Waals surface area (Å²) in [5, 5.41) is 17.8. The zero-order valence-electron chi connectivity index (χ0n) is 13.0. The number of hydrogen-bond acceptors (Lipinski definition) is 4. The lowest BCUT2D eigenvalue weighted by Gasteiger charge is -2.07. The molecule has 0 radical (unpaired) electrons. The number of carboxylic acid groups (broad SMARTS) is 1. The second-order valence-electron chi connectivity index (χ2n) is 5.35. The van der Waals surface area contributed by atoms with Crippen molar-refractivity contribution < 1.29 is 23.4 Å². The van der Waals surface area contributed by atoms with Crippen LogP contribution in [0.1, 0.15) is 17.5 Å². The molecule has 2 rings (SSSR count). The van der Waals surface area contributed by atoms with E-state index in [2.05, 4.69) is 4.72 Å². The maximum absolute atomic E-state index is 12.1. The normalized spacial score (nSPS) is 11.3. The Hall–Kier alpha value is -2.38. The van der Waals surface area contributed by atoms with Gasteiger partial charge in [-0.2, -0.15) is 0 Å². The van der Waals surface area contributed by atoms with Gasteiger partial charge in [0.15, 0.2) is 0 Å². The number of aromatic hydroxyl groups is 1. The second-order valence-corrected chi connectivity index (χ2v) is 7.12. The first-order valence-electron chi connectivity index (χ1n) is 7.45. The first-order valence-corrected chi connectivity index (χ1v) is 8.93. The molecule has 6 nitrogen and oxygen atoms in total. The molecule has 0 unspecified atom stereocenters. The molecule has 0 amide bonds. The van der Waals surface area contributed by atoms with Gasteiger partial charge in [-0.1, -0.05) is 24.3 Å². The number of carbonyl (C=O) groups is 1. The van der Waals surface area contributed by atoms with Crippen LogP contribution < -0.4 is 4.72 Å². The fourth-order valence-electron chi connectivity index (χ4n) is 2.16. The van der Waals surface area contributed by atoms with Crippen molar-refractivity contribution in [3.63, 3.8) is 0 Å². The molecule has 0 aliphatic heterocycles. The lowest BCUT2D eigenvalue weighted by Crippen LogP contribution is -2.25. The molecule has 2 aromatic rings. The number of hydrogen-bond donors (Lipinski definition) is 3. The number of aliphatic carboxylic acids is 1. The summed E-state index contributed by atoms with van der Waals surface area (Å²) in [5.74, 6) is -0.820. The van der Waals surface area contributed by atoms with Gasteiger partial charge < -0.3 is 10.2 Å². The van der Waals surface area contributed by atoms with E-state index in [1.807, 2.05) is 24.3 Å². The molecule has 0 aromatic heterocycles. The molecule has 7 heteroatoms. The van der Waals surface area contributed by atoms with E-state index >= 15 is 0 Å². The lowest BCUT2D eigenvalue weighted by atomic mass is 10.1. The summed E-state index contributed by atoms with van der Waals surface area (Å²) in [4.78, 5) is 10.6. The van der Waals surface area contributed by atoms with Crippen LogP contribution in [0.3, 0.4) is 0 Å². The maximum Gasteiger partial charge on any atom is 0.303 e. The summed E-state index contributed by atoms with van der Waals surface area (Å²) in [6.45, 7) is 0.248. The Morgan fingerprint density at radius 1 is 0.917 bits per heavy atom. The van der Waals surface area contributed by atoms with Crippen LogP contribution in [-0.2, 0) is 27.7 Å².